The lowest BCUT2D eigenvalue weighted by atomic mass is 9.97. The molecule has 13 heavy (non-hydrogen) atoms. The number of aromatic nitrogens is 2. The van der Waals surface area contributed by atoms with Gasteiger partial charge in [-0.3, -0.25) is 4.68 Å². The number of nitrogens with one attached hydrogen (secondary N) is 1. The van der Waals surface area contributed by atoms with Crippen molar-refractivity contribution in [2.75, 3.05) is 13.1 Å². The summed E-state index contributed by atoms with van der Waals surface area (Å²) < 4.78 is 2.12. The fraction of sp³-hybridized carbons (Fsp3) is 0.700. The maximum absolute atomic E-state index is 4.44. The van der Waals surface area contributed by atoms with Crippen LogP contribution in [0.5, 0.6) is 0 Å². The number of rotatable bonds is 3. The van der Waals surface area contributed by atoms with Crippen molar-refractivity contribution in [3.63, 3.8) is 0 Å². The Bertz CT molecular complexity index is 286. The summed E-state index contributed by atoms with van der Waals surface area (Å²) in [6.07, 6.45) is 1.18. The SMILES string of the molecule is CCn1nc(C)cc1CC1CNC1. The van der Waals surface area contributed by atoms with Gasteiger partial charge in [0, 0.05) is 12.2 Å². The summed E-state index contributed by atoms with van der Waals surface area (Å²) >= 11 is 0. The van der Waals surface area contributed by atoms with E-state index in [9.17, 15) is 0 Å². The first kappa shape index (κ1) is 8.75. The second kappa shape index (κ2) is 3.50. The molecule has 1 N–H and O–H groups in total. The molecule has 0 atom stereocenters. The van der Waals surface area contributed by atoms with Crippen LogP contribution in [0, 0.1) is 12.8 Å². The number of nitrogens with zero attached hydrogens (tertiary/aromatic N) is 2. The van der Waals surface area contributed by atoms with Crippen LogP contribution < -0.4 is 5.32 Å². The van der Waals surface area contributed by atoms with E-state index in [0.717, 1.165) is 18.2 Å². The summed E-state index contributed by atoms with van der Waals surface area (Å²) in [6, 6.07) is 2.21. The molecule has 3 nitrogen and oxygen atoms in total. The summed E-state index contributed by atoms with van der Waals surface area (Å²) in [5.74, 6) is 0.835. The van der Waals surface area contributed by atoms with E-state index < -0.39 is 0 Å². The summed E-state index contributed by atoms with van der Waals surface area (Å²) in [6.45, 7) is 7.55. The Kier molecular flexibility index (Phi) is 2.36. The molecule has 0 spiro atoms. The highest BCUT2D eigenvalue weighted by Gasteiger charge is 2.18. The average Bonchev–Trinajstić information content (AvgIpc) is 2.38. The minimum atomic E-state index is 0.835. The molecule has 1 fully saturated rings. The van der Waals surface area contributed by atoms with E-state index >= 15 is 0 Å². The van der Waals surface area contributed by atoms with Crippen LogP contribution in [-0.2, 0) is 13.0 Å². The van der Waals surface area contributed by atoms with E-state index in [2.05, 4.69) is 35.0 Å². The van der Waals surface area contributed by atoms with Crippen LogP contribution in [0.25, 0.3) is 0 Å². The van der Waals surface area contributed by atoms with Crippen LogP contribution in [0.4, 0.5) is 0 Å². The van der Waals surface area contributed by atoms with Gasteiger partial charge in [-0.1, -0.05) is 0 Å². The van der Waals surface area contributed by atoms with E-state index in [0.29, 0.717) is 0 Å². The standard InChI is InChI=1S/C10H17N3/c1-3-13-10(4-8(2)12-13)5-9-6-11-7-9/h4,9,11H,3,5-7H2,1-2H3. The molecule has 0 bridgehead atoms. The zero-order chi connectivity index (χ0) is 9.26. The van der Waals surface area contributed by atoms with Crippen molar-refractivity contribution in [3.05, 3.63) is 17.5 Å². The number of aryl methyl sites for hydroxylation is 2. The first-order chi connectivity index (χ1) is 6.29. The third kappa shape index (κ3) is 1.75. The quantitative estimate of drug-likeness (QED) is 0.749. The zero-order valence-electron chi connectivity index (χ0n) is 8.38. The predicted octanol–water partition coefficient (Wildman–Crippen LogP) is 0.973. The van der Waals surface area contributed by atoms with Crippen molar-refractivity contribution >= 4 is 0 Å². The minimum absolute atomic E-state index is 0.835. The highest BCUT2D eigenvalue weighted by Crippen LogP contribution is 2.13. The minimum Gasteiger partial charge on any atom is -0.316 e. The smallest absolute Gasteiger partial charge is 0.0596 e. The van der Waals surface area contributed by atoms with Gasteiger partial charge in [0.15, 0.2) is 0 Å². The first-order valence-corrected chi connectivity index (χ1v) is 5.03. The van der Waals surface area contributed by atoms with Gasteiger partial charge in [0.05, 0.1) is 5.69 Å². The van der Waals surface area contributed by atoms with Gasteiger partial charge in [0.1, 0.15) is 0 Å². The Morgan fingerprint density at radius 3 is 2.92 bits per heavy atom. The van der Waals surface area contributed by atoms with Crippen molar-refractivity contribution in [1.29, 1.82) is 0 Å². The van der Waals surface area contributed by atoms with Crippen LogP contribution in [0.2, 0.25) is 0 Å². The first-order valence-electron chi connectivity index (χ1n) is 5.03. The van der Waals surface area contributed by atoms with Crippen molar-refractivity contribution in [2.45, 2.75) is 26.8 Å². The molecule has 3 heteroatoms. The van der Waals surface area contributed by atoms with Crippen LogP contribution in [0.3, 0.4) is 0 Å². The van der Waals surface area contributed by atoms with Crippen molar-refractivity contribution in [3.8, 4) is 0 Å². The van der Waals surface area contributed by atoms with Gasteiger partial charge in [0.2, 0.25) is 0 Å². The molecule has 0 aliphatic carbocycles. The molecule has 0 radical (unpaired) electrons. The predicted molar refractivity (Wildman–Crippen MR) is 52.7 cm³/mol. The van der Waals surface area contributed by atoms with E-state index in [1.807, 2.05) is 0 Å². The highest BCUT2D eigenvalue weighted by molar-refractivity contribution is 5.10. The lowest BCUT2D eigenvalue weighted by Gasteiger charge is -2.26. The Hall–Kier alpha value is -0.830. The highest BCUT2D eigenvalue weighted by atomic mass is 15.3. The molecule has 1 saturated heterocycles. The van der Waals surface area contributed by atoms with E-state index in [1.165, 1.54) is 25.2 Å². The molecule has 0 amide bonds. The normalized spacial score (nSPS) is 17.4. The molecule has 1 aromatic heterocycles. The molecule has 0 saturated carbocycles. The van der Waals surface area contributed by atoms with Crippen LogP contribution in [-0.4, -0.2) is 22.9 Å². The summed E-state index contributed by atoms with van der Waals surface area (Å²) in [7, 11) is 0. The summed E-state index contributed by atoms with van der Waals surface area (Å²) in [5.41, 5.74) is 2.54. The van der Waals surface area contributed by atoms with Crippen molar-refractivity contribution in [1.82, 2.24) is 15.1 Å². The van der Waals surface area contributed by atoms with Gasteiger partial charge in [-0.15, -0.1) is 0 Å². The maximum atomic E-state index is 4.44. The molecule has 72 valence electrons. The zero-order valence-corrected chi connectivity index (χ0v) is 8.38. The Morgan fingerprint density at radius 2 is 2.38 bits per heavy atom. The molecule has 2 heterocycles. The Labute approximate surface area is 79.1 Å². The number of hydrogen-bond acceptors (Lipinski definition) is 2. The van der Waals surface area contributed by atoms with Crippen LogP contribution in [0.15, 0.2) is 6.07 Å². The molecular formula is C10H17N3. The van der Waals surface area contributed by atoms with Crippen LogP contribution >= 0.6 is 0 Å². The largest absolute Gasteiger partial charge is 0.316 e. The number of hydrogen-bond donors (Lipinski definition) is 1. The average molecular weight is 179 g/mol. The maximum Gasteiger partial charge on any atom is 0.0596 e. The van der Waals surface area contributed by atoms with Crippen LogP contribution in [0.1, 0.15) is 18.3 Å². The fourth-order valence-electron chi connectivity index (χ4n) is 1.83. The second-order valence-corrected chi connectivity index (χ2v) is 3.82. The Balaban J connectivity index is 2.08. The third-order valence-corrected chi connectivity index (χ3v) is 2.65. The summed E-state index contributed by atoms with van der Waals surface area (Å²) in [5, 5.41) is 7.73. The van der Waals surface area contributed by atoms with Gasteiger partial charge >= 0.3 is 0 Å². The van der Waals surface area contributed by atoms with Gasteiger partial charge in [-0.2, -0.15) is 5.10 Å². The molecule has 0 unspecified atom stereocenters. The second-order valence-electron chi connectivity index (χ2n) is 3.82. The monoisotopic (exact) mass is 179 g/mol. The van der Waals surface area contributed by atoms with E-state index in [1.54, 1.807) is 0 Å². The molecular weight excluding hydrogens is 162 g/mol. The van der Waals surface area contributed by atoms with Gasteiger partial charge in [-0.25, -0.2) is 0 Å². The molecule has 1 aliphatic heterocycles. The lowest BCUT2D eigenvalue weighted by molar-refractivity contribution is 0.338. The Morgan fingerprint density at radius 1 is 1.62 bits per heavy atom. The van der Waals surface area contributed by atoms with Gasteiger partial charge in [0.25, 0.3) is 0 Å². The molecule has 1 aromatic rings. The summed E-state index contributed by atoms with van der Waals surface area (Å²) in [4.78, 5) is 0. The molecule has 0 aromatic carbocycles. The van der Waals surface area contributed by atoms with Crippen molar-refractivity contribution < 1.29 is 0 Å². The topological polar surface area (TPSA) is 29.9 Å². The fourth-order valence-corrected chi connectivity index (χ4v) is 1.83. The van der Waals surface area contributed by atoms with E-state index in [4.69, 9.17) is 0 Å². The lowest BCUT2D eigenvalue weighted by Crippen LogP contribution is -2.43. The third-order valence-electron chi connectivity index (χ3n) is 2.65. The van der Waals surface area contributed by atoms with E-state index in [-0.39, 0.29) is 0 Å². The van der Waals surface area contributed by atoms with Gasteiger partial charge in [-0.05, 0) is 45.3 Å². The molecule has 2 rings (SSSR count). The molecule has 1 aliphatic rings. The van der Waals surface area contributed by atoms with Crippen molar-refractivity contribution in [2.24, 2.45) is 5.92 Å². The van der Waals surface area contributed by atoms with Gasteiger partial charge < -0.3 is 5.32 Å².